The summed E-state index contributed by atoms with van der Waals surface area (Å²) < 4.78 is 11.9. The fourth-order valence-corrected chi connectivity index (χ4v) is 1.54. The van der Waals surface area contributed by atoms with Crippen LogP contribution in [0.3, 0.4) is 0 Å². The zero-order valence-electron chi connectivity index (χ0n) is 10.4. The van der Waals surface area contributed by atoms with Crippen molar-refractivity contribution in [1.82, 2.24) is 14.8 Å². The number of nitrogens with zero attached hydrogens (tertiary/aromatic N) is 3. The van der Waals surface area contributed by atoms with Crippen LogP contribution in [0.15, 0.2) is 36.9 Å². The Balaban J connectivity index is 1.96. The summed E-state index contributed by atoms with van der Waals surface area (Å²) in [5.74, 6) is 0. The highest BCUT2D eigenvalue weighted by atomic mass is 16.7. The molecular weight excluding hydrogens is 232 g/mol. The van der Waals surface area contributed by atoms with E-state index < -0.39 is 0 Å². The van der Waals surface area contributed by atoms with Gasteiger partial charge in [-0.1, -0.05) is 0 Å². The lowest BCUT2D eigenvalue weighted by Gasteiger charge is -2.15. The highest BCUT2D eigenvalue weighted by Crippen LogP contribution is 2.12. The van der Waals surface area contributed by atoms with Crippen molar-refractivity contribution in [3.8, 4) is 5.69 Å². The van der Waals surface area contributed by atoms with E-state index in [-0.39, 0.29) is 6.29 Å². The van der Waals surface area contributed by atoms with Crippen molar-refractivity contribution in [1.29, 1.82) is 0 Å². The van der Waals surface area contributed by atoms with Crippen LogP contribution in [0, 0.1) is 0 Å². The first-order valence-corrected chi connectivity index (χ1v) is 5.58. The maximum atomic E-state index is 5.10. The Hall–Kier alpha value is -1.92. The molecule has 0 aliphatic rings. The molecule has 0 unspecified atom stereocenters. The molecule has 6 nitrogen and oxygen atoms in total. The minimum Gasteiger partial charge on any atom is -0.380 e. The third-order valence-electron chi connectivity index (χ3n) is 2.55. The van der Waals surface area contributed by atoms with Crippen molar-refractivity contribution in [3.63, 3.8) is 0 Å². The van der Waals surface area contributed by atoms with E-state index >= 15 is 0 Å². The number of hydrogen-bond acceptors (Lipinski definition) is 5. The van der Waals surface area contributed by atoms with Crippen molar-refractivity contribution < 1.29 is 9.47 Å². The summed E-state index contributed by atoms with van der Waals surface area (Å²) in [6, 6.07) is 7.87. The van der Waals surface area contributed by atoms with Crippen molar-refractivity contribution in [2.24, 2.45) is 0 Å². The average Bonchev–Trinajstić information content (AvgIpc) is 2.94. The Morgan fingerprint density at radius 2 is 1.94 bits per heavy atom. The summed E-state index contributed by atoms with van der Waals surface area (Å²) >= 11 is 0. The minimum absolute atomic E-state index is 0.250. The lowest BCUT2D eigenvalue weighted by molar-refractivity contribution is -0.0914. The number of rotatable bonds is 6. The standard InChI is InChI=1S/C12H16N4O2/c1-17-12(18-2)7-14-10-3-5-11(6-4-10)16-9-13-8-15-16/h3-6,8-9,12,14H,7H2,1-2H3. The first-order chi connectivity index (χ1) is 8.83. The van der Waals surface area contributed by atoms with Crippen LogP contribution in [0.5, 0.6) is 0 Å². The third-order valence-corrected chi connectivity index (χ3v) is 2.55. The number of ether oxygens (including phenoxy) is 2. The van der Waals surface area contributed by atoms with Gasteiger partial charge in [0.15, 0.2) is 6.29 Å². The predicted molar refractivity (Wildman–Crippen MR) is 67.7 cm³/mol. The summed E-state index contributed by atoms with van der Waals surface area (Å²) in [6.45, 7) is 0.593. The second-order valence-corrected chi connectivity index (χ2v) is 3.67. The second kappa shape index (κ2) is 6.13. The Morgan fingerprint density at radius 1 is 1.22 bits per heavy atom. The molecule has 6 heteroatoms. The first-order valence-electron chi connectivity index (χ1n) is 5.58. The molecule has 0 aliphatic heterocycles. The molecule has 2 aromatic rings. The van der Waals surface area contributed by atoms with Crippen LogP contribution in [-0.4, -0.2) is 41.8 Å². The van der Waals surface area contributed by atoms with Crippen LogP contribution in [0.25, 0.3) is 5.69 Å². The molecule has 1 aromatic heterocycles. The zero-order chi connectivity index (χ0) is 12.8. The van der Waals surface area contributed by atoms with Crippen LogP contribution in [0.1, 0.15) is 0 Å². The van der Waals surface area contributed by atoms with Gasteiger partial charge < -0.3 is 14.8 Å². The molecule has 0 radical (unpaired) electrons. The average molecular weight is 248 g/mol. The summed E-state index contributed by atoms with van der Waals surface area (Å²) in [6.07, 6.45) is 2.92. The van der Waals surface area contributed by atoms with Gasteiger partial charge in [0, 0.05) is 19.9 Å². The monoisotopic (exact) mass is 248 g/mol. The number of nitrogens with one attached hydrogen (secondary N) is 1. The van der Waals surface area contributed by atoms with Gasteiger partial charge in [0.05, 0.1) is 12.2 Å². The highest BCUT2D eigenvalue weighted by molar-refractivity contribution is 5.48. The lowest BCUT2D eigenvalue weighted by atomic mass is 10.3. The van der Waals surface area contributed by atoms with Gasteiger partial charge in [0.25, 0.3) is 0 Å². The van der Waals surface area contributed by atoms with Gasteiger partial charge in [0.2, 0.25) is 0 Å². The van der Waals surface area contributed by atoms with E-state index in [2.05, 4.69) is 15.4 Å². The van der Waals surface area contributed by atoms with Gasteiger partial charge in [0.1, 0.15) is 12.7 Å². The largest absolute Gasteiger partial charge is 0.380 e. The number of methoxy groups -OCH3 is 2. The zero-order valence-corrected chi connectivity index (χ0v) is 10.4. The highest BCUT2D eigenvalue weighted by Gasteiger charge is 2.04. The Bertz CT molecular complexity index is 451. The van der Waals surface area contributed by atoms with Crippen molar-refractivity contribution in [3.05, 3.63) is 36.9 Å². The Kier molecular flexibility index (Phi) is 4.27. The normalized spacial score (nSPS) is 10.8. The smallest absolute Gasteiger partial charge is 0.173 e. The maximum Gasteiger partial charge on any atom is 0.173 e. The molecule has 0 amide bonds. The number of anilines is 1. The summed E-state index contributed by atoms with van der Waals surface area (Å²) in [5, 5.41) is 7.29. The quantitative estimate of drug-likeness (QED) is 0.781. The van der Waals surface area contributed by atoms with E-state index in [0.29, 0.717) is 6.54 Å². The Labute approximate surface area is 106 Å². The SMILES string of the molecule is COC(CNc1ccc(-n2cncn2)cc1)OC. The van der Waals surface area contributed by atoms with E-state index in [1.54, 1.807) is 25.2 Å². The molecule has 0 spiro atoms. The molecule has 1 N–H and O–H groups in total. The van der Waals surface area contributed by atoms with E-state index in [0.717, 1.165) is 11.4 Å². The summed E-state index contributed by atoms with van der Waals surface area (Å²) in [4.78, 5) is 3.91. The maximum absolute atomic E-state index is 5.10. The van der Waals surface area contributed by atoms with Crippen molar-refractivity contribution in [2.75, 3.05) is 26.1 Å². The molecule has 0 saturated carbocycles. The number of benzene rings is 1. The van der Waals surface area contributed by atoms with E-state index in [9.17, 15) is 0 Å². The number of aromatic nitrogens is 3. The van der Waals surface area contributed by atoms with Crippen LogP contribution in [0.2, 0.25) is 0 Å². The van der Waals surface area contributed by atoms with Gasteiger partial charge >= 0.3 is 0 Å². The van der Waals surface area contributed by atoms with Crippen LogP contribution in [0.4, 0.5) is 5.69 Å². The molecule has 0 aliphatic carbocycles. The molecule has 1 heterocycles. The van der Waals surface area contributed by atoms with Crippen molar-refractivity contribution >= 4 is 5.69 Å². The van der Waals surface area contributed by atoms with Crippen LogP contribution < -0.4 is 5.32 Å². The van der Waals surface area contributed by atoms with E-state index in [1.807, 2.05) is 24.3 Å². The molecule has 0 fully saturated rings. The third kappa shape index (κ3) is 3.06. The second-order valence-electron chi connectivity index (χ2n) is 3.67. The van der Waals surface area contributed by atoms with Gasteiger partial charge in [-0.25, -0.2) is 9.67 Å². The van der Waals surface area contributed by atoms with Crippen molar-refractivity contribution in [2.45, 2.75) is 6.29 Å². The molecule has 2 rings (SSSR count). The van der Waals surface area contributed by atoms with Crippen LogP contribution >= 0.6 is 0 Å². The van der Waals surface area contributed by atoms with E-state index in [4.69, 9.17) is 9.47 Å². The fraction of sp³-hybridized carbons (Fsp3) is 0.333. The van der Waals surface area contributed by atoms with Crippen LogP contribution in [-0.2, 0) is 9.47 Å². The molecule has 18 heavy (non-hydrogen) atoms. The molecule has 0 atom stereocenters. The predicted octanol–water partition coefficient (Wildman–Crippen LogP) is 1.30. The Morgan fingerprint density at radius 3 is 2.50 bits per heavy atom. The van der Waals surface area contributed by atoms with Gasteiger partial charge in [-0.2, -0.15) is 5.10 Å². The topological polar surface area (TPSA) is 61.2 Å². The molecule has 96 valence electrons. The molecular formula is C12H16N4O2. The molecule has 0 saturated heterocycles. The molecule has 1 aromatic carbocycles. The lowest BCUT2D eigenvalue weighted by Crippen LogP contribution is -2.23. The summed E-state index contributed by atoms with van der Waals surface area (Å²) in [5.41, 5.74) is 1.96. The van der Waals surface area contributed by atoms with Gasteiger partial charge in [-0.05, 0) is 24.3 Å². The van der Waals surface area contributed by atoms with E-state index in [1.165, 1.54) is 6.33 Å². The van der Waals surface area contributed by atoms with Gasteiger partial charge in [-0.15, -0.1) is 0 Å². The fourth-order valence-electron chi connectivity index (χ4n) is 1.54. The minimum atomic E-state index is -0.250. The number of hydrogen-bond donors (Lipinski definition) is 1. The first kappa shape index (κ1) is 12.5. The molecule has 0 bridgehead atoms. The summed E-state index contributed by atoms with van der Waals surface area (Å²) in [7, 11) is 3.23. The van der Waals surface area contributed by atoms with Gasteiger partial charge in [-0.3, -0.25) is 0 Å².